The van der Waals surface area contributed by atoms with Crippen molar-refractivity contribution in [3.63, 3.8) is 0 Å². The predicted molar refractivity (Wildman–Crippen MR) is 88.8 cm³/mol. The highest BCUT2D eigenvalue weighted by atomic mass is 19.1. The van der Waals surface area contributed by atoms with Gasteiger partial charge in [-0.1, -0.05) is 5.16 Å². The second kappa shape index (κ2) is 6.79. The molecule has 0 bridgehead atoms. The second-order valence-corrected chi connectivity index (χ2v) is 6.58. The molecule has 0 saturated carbocycles. The molecule has 2 aromatic heterocycles. The number of rotatable bonds is 4. The fourth-order valence-corrected chi connectivity index (χ4v) is 3.16. The van der Waals surface area contributed by atoms with Crippen LogP contribution in [-0.4, -0.2) is 58.3 Å². The smallest absolute Gasteiger partial charge is 0.292 e. The van der Waals surface area contributed by atoms with E-state index in [1.54, 1.807) is 26.1 Å². The summed E-state index contributed by atoms with van der Waals surface area (Å²) >= 11 is 0. The molecule has 134 valence electrons. The van der Waals surface area contributed by atoms with Crippen molar-refractivity contribution in [3.8, 4) is 0 Å². The van der Waals surface area contributed by atoms with E-state index >= 15 is 0 Å². The number of likely N-dealkylation sites (N-methyl/N-ethyl adjacent to an activating group) is 1. The molecule has 1 aliphatic rings. The van der Waals surface area contributed by atoms with Gasteiger partial charge in [0, 0.05) is 26.2 Å². The standard InChI is InChI=1S/C17H21FN4O3/c1-12-8-14(25-20-12)16(23)21(2)10-17(24)6-3-7-22(11-17)15-5-4-13(18)9-19-15/h4-5,8-9,24H,3,6-7,10-11H2,1-2H3/t17-/m1/s1. The molecule has 3 heterocycles. The molecule has 1 N–H and O–H groups in total. The molecule has 0 aromatic carbocycles. The van der Waals surface area contributed by atoms with Crippen molar-refractivity contribution in [3.05, 3.63) is 41.7 Å². The number of aryl methyl sites for hydroxylation is 1. The summed E-state index contributed by atoms with van der Waals surface area (Å²) < 4.78 is 18.0. The predicted octanol–water partition coefficient (Wildman–Crippen LogP) is 1.62. The zero-order chi connectivity index (χ0) is 18.0. The van der Waals surface area contributed by atoms with Gasteiger partial charge < -0.3 is 19.4 Å². The first-order valence-corrected chi connectivity index (χ1v) is 8.14. The molecule has 1 saturated heterocycles. The van der Waals surface area contributed by atoms with Crippen LogP contribution >= 0.6 is 0 Å². The molecule has 3 rings (SSSR count). The Balaban J connectivity index is 1.68. The first-order chi connectivity index (χ1) is 11.9. The van der Waals surface area contributed by atoms with Crippen LogP contribution < -0.4 is 4.90 Å². The van der Waals surface area contributed by atoms with E-state index in [1.807, 2.05) is 4.90 Å². The Morgan fingerprint density at radius 3 is 2.96 bits per heavy atom. The number of pyridine rings is 1. The quantitative estimate of drug-likeness (QED) is 0.904. The first-order valence-electron chi connectivity index (χ1n) is 8.14. The molecular formula is C17H21FN4O3. The zero-order valence-corrected chi connectivity index (χ0v) is 14.3. The molecule has 1 aliphatic heterocycles. The maximum atomic E-state index is 13.0. The van der Waals surface area contributed by atoms with E-state index < -0.39 is 11.4 Å². The number of halogens is 1. The van der Waals surface area contributed by atoms with E-state index in [2.05, 4.69) is 10.1 Å². The van der Waals surface area contributed by atoms with Gasteiger partial charge in [-0.05, 0) is 31.9 Å². The van der Waals surface area contributed by atoms with Crippen molar-refractivity contribution in [2.45, 2.75) is 25.4 Å². The molecule has 0 spiro atoms. The van der Waals surface area contributed by atoms with Crippen LogP contribution in [0.15, 0.2) is 28.9 Å². The lowest BCUT2D eigenvalue weighted by atomic mass is 9.92. The van der Waals surface area contributed by atoms with Crippen molar-refractivity contribution >= 4 is 11.7 Å². The van der Waals surface area contributed by atoms with Gasteiger partial charge in [-0.25, -0.2) is 9.37 Å². The van der Waals surface area contributed by atoms with Crippen molar-refractivity contribution in [2.24, 2.45) is 0 Å². The van der Waals surface area contributed by atoms with Gasteiger partial charge in [0.05, 0.1) is 24.0 Å². The molecule has 1 amide bonds. The third-order valence-corrected chi connectivity index (χ3v) is 4.31. The van der Waals surface area contributed by atoms with E-state index in [4.69, 9.17) is 4.52 Å². The first kappa shape index (κ1) is 17.3. The Hall–Kier alpha value is -2.48. The summed E-state index contributed by atoms with van der Waals surface area (Å²) in [6.07, 6.45) is 2.47. The number of nitrogens with zero attached hydrogens (tertiary/aromatic N) is 4. The highest BCUT2D eigenvalue weighted by Crippen LogP contribution is 2.26. The van der Waals surface area contributed by atoms with Crippen LogP contribution in [0.5, 0.6) is 0 Å². The number of hydrogen-bond donors (Lipinski definition) is 1. The van der Waals surface area contributed by atoms with Gasteiger partial charge in [0.25, 0.3) is 5.91 Å². The summed E-state index contributed by atoms with van der Waals surface area (Å²) in [5.41, 5.74) is -0.449. The maximum Gasteiger partial charge on any atom is 0.292 e. The third kappa shape index (κ3) is 3.96. The molecule has 7 nitrogen and oxygen atoms in total. The highest BCUT2D eigenvalue weighted by Gasteiger charge is 2.36. The van der Waals surface area contributed by atoms with Gasteiger partial charge in [-0.2, -0.15) is 0 Å². The molecule has 0 unspecified atom stereocenters. The lowest BCUT2D eigenvalue weighted by molar-refractivity contribution is -0.00106. The number of amides is 1. The molecule has 1 atom stereocenters. The van der Waals surface area contributed by atoms with E-state index in [9.17, 15) is 14.3 Å². The topological polar surface area (TPSA) is 82.7 Å². The van der Waals surface area contributed by atoms with Gasteiger partial charge in [0.1, 0.15) is 11.6 Å². The van der Waals surface area contributed by atoms with E-state index in [0.717, 1.165) is 19.2 Å². The normalized spacial score (nSPS) is 20.6. The van der Waals surface area contributed by atoms with Crippen LogP contribution in [0.4, 0.5) is 10.2 Å². The fraction of sp³-hybridized carbons (Fsp3) is 0.471. The molecule has 0 radical (unpaired) electrons. The van der Waals surface area contributed by atoms with Gasteiger partial charge in [-0.3, -0.25) is 4.79 Å². The number of aliphatic hydroxyl groups is 1. The summed E-state index contributed by atoms with van der Waals surface area (Å²) in [5, 5.41) is 14.7. The maximum absolute atomic E-state index is 13.0. The molecule has 8 heteroatoms. The Labute approximate surface area is 145 Å². The molecule has 0 aliphatic carbocycles. The molecule has 2 aromatic rings. The average Bonchev–Trinajstić information content (AvgIpc) is 3.01. The van der Waals surface area contributed by atoms with Gasteiger partial charge in [-0.15, -0.1) is 0 Å². The SMILES string of the molecule is Cc1cc(C(=O)N(C)C[C@]2(O)CCCN(c3ccc(F)cn3)C2)on1. The number of piperidine rings is 1. The third-order valence-electron chi connectivity index (χ3n) is 4.31. The number of carbonyl (C=O) groups is 1. The summed E-state index contributed by atoms with van der Waals surface area (Å²) in [7, 11) is 1.62. The summed E-state index contributed by atoms with van der Waals surface area (Å²) in [4.78, 5) is 19.8. The summed E-state index contributed by atoms with van der Waals surface area (Å²) in [6.45, 7) is 2.93. The number of aromatic nitrogens is 2. The number of carbonyl (C=O) groups excluding carboxylic acids is 1. The minimum atomic E-state index is -1.08. The molecule has 1 fully saturated rings. The van der Waals surface area contributed by atoms with Crippen molar-refractivity contribution in [2.75, 3.05) is 31.6 Å². The van der Waals surface area contributed by atoms with Gasteiger partial charge >= 0.3 is 0 Å². The van der Waals surface area contributed by atoms with Gasteiger partial charge in [0.15, 0.2) is 0 Å². The van der Waals surface area contributed by atoms with Crippen LogP contribution in [-0.2, 0) is 0 Å². The number of anilines is 1. The molecular weight excluding hydrogens is 327 g/mol. The van der Waals surface area contributed by atoms with Crippen molar-refractivity contribution in [1.82, 2.24) is 15.0 Å². The summed E-state index contributed by atoms with van der Waals surface area (Å²) in [6, 6.07) is 4.50. The second-order valence-electron chi connectivity index (χ2n) is 6.58. The molecule has 25 heavy (non-hydrogen) atoms. The Morgan fingerprint density at radius 2 is 2.32 bits per heavy atom. The van der Waals surface area contributed by atoms with Gasteiger partial charge in [0.2, 0.25) is 5.76 Å². The van der Waals surface area contributed by atoms with Crippen LogP contribution in [0, 0.1) is 12.7 Å². The largest absolute Gasteiger partial charge is 0.386 e. The lowest BCUT2D eigenvalue weighted by Crippen LogP contribution is -2.54. The number of β-amino-alcohol motifs (C(OH)–C–C–N with tert-alkyl or cyclic N) is 1. The monoisotopic (exact) mass is 348 g/mol. The lowest BCUT2D eigenvalue weighted by Gasteiger charge is -2.41. The number of hydrogen-bond acceptors (Lipinski definition) is 6. The minimum Gasteiger partial charge on any atom is -0.386 e. The fourth-order valence-electron chi connectivity index (χ4n) is 3.16. The van der Waals surface area contributed by atoms with Crippen LogP contribution in [0.2, 0.25) is 0 Å². The minimum absolute atomic E-state index is 0.150. The van der Waals surface area contributed by atoms with E-state index in [0.29, 0.717) is 24.5 Å². The van der Waals surface area contributed by atoms with E-state index in [-0.39, 0.29) is 18.2 Å². The van der Waals surface area contributed by atoms with E-state index in [1.165, 1.54) is 11.0 Å². The summed E-state index contributed by atoms with van der Waals surface area (Å²) in [5.74, 6) is 0.0330. The van der Waals surface area contributed by atoms with Crippen molar-refractivity contribution < 1.29 is 18.8 Å². The van der Waals surface area contributed by atoms with Crippen LogP contribution in [0.1, 0.15) is 29.1 Å². The Morgan fingerprint density at radius 1 is 1.52 bits per heavy atom. The Kier molecular flexibility index (Phi) is 4.71. The van der Waals surface area contributed by atoms with Crippen molar-refractivity contribution in [1.29, 1.82) is 0 Å². The van der Waals surface area contributed by atoms with Crippen LogP contribution in [0.3, 0.4) is 0 Å². The average molecular weight is 348 g/mol. The van der Waals surface area contributed by atoms with Crippen LogP contribution in [0.25, 0.3) is 0 Å². The Bertz CT molecular complexity index is 749. The highest BCUT2D eigenvalue weighted by molar-refractivity contribution is 5.91. The zero-order valence-electron chi connectivity index (χ0n) is 14.3.